The fourth-order valence-corrected chi connectivity index (χ4v) is 3.76. The van der Waals surface area contributed by atoms with Crippen molar-refractivity contribution in [2.24, 2.45) is 5.41 Å². The van der Waals surface area contributed by atoms with Crippen molar-refractivity contribution in [1.29, 1.82) is 0 Å². The standard InChI is InChI=1S/C17H27N3O/c1-2-19-10-11-21-15-17(13-19)7-5-9-20(14-17)12-16-6-3-4-8-18-16/h3-4,6,8H,2,5,7,9-15H2,1H3/t17-/m0/s1. The Morgan fingerprint density at radius 2 is 2.14 bits per heavy atom. The largest absolute Gasteiger partial charge is 0.379 e. The number of ether oxygens (including phenoxy) is 1. The predicted molar refractivity (Wildman–Crippen MR) is 84.1 cm³/mol. The lowest BCUT2D eigenvalue weighted by molar-refractivity contribution is 0.00297. The molecule has 0 aromatic carbocycles. The van der Waals surface area contributed by atoms with Crippen LogP contribution in [0.5, 0.6) is 0 Å². The molecule has 0 saturated carbocycles. The van der Waals surface area contributed by atoms with Gasteiger partial charge in [0.05, 0.1) is 18.9 Å². The van der Waals surface area contributed by atoms with E-state index in [1.807, 2.05) is 12.3 Å². The van der Waals surface area contributed by atoms with E-state index in [1.54, 1.807) is 0 Å². The Hall–Kier alpha value is -0.970. The predicted octanol–water partition coefficient (Wildman–Crippen LogP) is 2.02. The molecule has 2 fully saturated rings. The summed E-state index contributed by atoms with van der Waals surface area (Å²) in [6.45, 7) is 10.7. The molecule has 2 aliphatic rings. The highest BCUT2D eigenvalue weighted by molar-refractivity contribution is 5.04. The van der Waals surface area contributed by atoms with Crippen LogP contribution in [0, 0.1) is 5.41 Å². The number of hydrogen-bond acceptors (Lipinski definition) is 4. The molecule has 3 heterocycles. The number of nitrogens with zero attached hydrogens (tertiary/aromatic N) is 3. The first kappa shape index (κ1) is 14.9. The summed E-state index contributed by atoms with van der Waals surface area (Å²) in [7, 11) is 0. The van der Waals surface area contributed by atoms with E-state index in [9.17, 15) is 0 Å². The van der Waals surface area contributed by atoms with Crippen LogP contribution in [0.4, 0.5) is 0 Å². The molecule has 0 aliphatic carbocycles. The average Bonchev–Trinajstić information content (AvgIpc) is 2.71. The molecule has 1 aromatic rings. The van der Waals surface area contributed by atoms with E-state index < -0.39 is 0 Å². The van der Waals surface area contributed by atoms with Gasteiger partial charge < -0.3 is 9.64 Å². The summed E-state index contributed by atoms with van der Waals surface area (Å²) in [6, 6.07) is 6.19. The van der Waals surface area contributed by atoms with Crippen molar-refractivity contribution in [2.45, 2.75) is 26.3 Å². The monoisotopic (exact) mass is 289 g/mol. The van der Waals surface area contributed by atoms with Crippen molar-refractivity contribution in [1.82, 2.24) is 14.8 Å². The highest BCUT2D eigenvalue weighted by Gasteiger charge is 2.38. The minimum absolute atomic E-state index is 0.319. The van der Waals surface area contributed by atoms with Crippen molar-refractivity contribution < 1.29 is 4.74 Å². The number of likely N-dealkylation sites (tertiary alicyclic amines) is 1. The third-order valence-corrected chi connectivity index (χ3v) is 4.82. The number of hydrogen-bond donors (Lipinski definition) is 0. The van der Waals surface area contributed by atoms with E-state index in [0.29, 0.717) is 5.41 Å². The molecule has 0 amide bonds. The first-order valence-electron chi connectivity index (χ1n) is 8.22. The van der Waals surface area contributed by atoms with Gasteiger partial charge in [0.2, 0.25) is 0 Å². The second-order valence-electron chi connectivity index (χ2n) is 6.56. The first-order valence-corrected chi connectivity index (χ1v) is 8.22. The van der Waals surface area contributed by atoms with Gasteiger partial charge >= 0.3 is 0 Å². The van der Waals surface area contributed by atoms with Gasteiger partial charge in [-0.15, -0.1) is 0 Å². The molecule has 4 nitrogen and oxygen atoms in total. The maximum Gasteiger partial charge on any atom is 0.0593 e. The van der Waals surface area contributed by atoms with E-state index in [0.717, 1.165) is 39.4 Å². The maximum absolute atomic E-state index is 5.93. The Kier molecular flexibility index (Phi) is 4.88. The fourth-order valence-electron chi connectivity index (χ4n) is 3.76. The van der Waals surface area contributed by atoms with Gasteiger partial charge in [-0.1, -0.05) is 13.0 Å². The zero-order valence-electron chi connectivity index (χ0n) is 13.1. The van der Waals surface area contributed by atoms with Crippen LogP contribution in [0.15, 0.2) is 24.4 Å². The lowest BCUT2D eigenvalue weighted by Crippen LogP contribution is -2.50. The molecule has 21 heavy (non-hydrogen) atoms. The van der Waals surface area contributed by atoms with Gasteiger partial charge in [-0.2, -0.15) is 0 Å². The summed E-state index contributed by atoms with van der Waals surface area (Å²) in [4.78, 5) is 9.59. The highest BCUT2D eigenvalue weighted by Crippen LogP contribution is 2.33. The SMILES string of the molecule is CCN1CCOC[C@@]2(CCCN(Cc3ccccn3)C2)C1. The molecular weight excluding hydrogens is 262 g/mol. The van der Waals surface area contributed by atoms with Crippen LogP contribution in [0.2, 0.25) is 0 Å². The van der Waals surface area contributed by atoms with E-state index in [-0.39, 0.29) is 0 Å². The van der Waals surface area contributed by atoms with Crippen molar-refractivity contribution in [3.05, 3.63) is 30.1 Å². The highest BCUT2D eigenvalue weighted by atomic mass is 16.5. The molecule has 1 spiro atoms. The van der Waals surface area contributed by atoms with E-state index >= 15 is 0 Å². The van der Waals surface area contributed by atoms with E-state index in [1.165, 1.54) is 31.6 Å². The molecule has 2 aliphatic heterocycles. The molecule has 0 N–H and O–H groups in total. The summed E-state index contributed by atoms with van der Waals surface area (Å²) in [5.41, 5.74) is 1.50. The summed E-state index contributed by atoms with van der Waals surface area (Å²) in [5.74, 6) is 0. The third kappa shape index (κ3) is 3.82. The van der Waals surface area contributed by atoms with Crippen LogP contribution < -0.4 is 0 Å². The van der Waals surface area contributed by atoms with Crippen LogP contribution in [0.25, 0.3) is 0 Å². The second kappa shape index (κ2) is 6.86. The summed E-state index contributed by atoms with van der Waals surface area (Å²) in [5, 5.41) is 0. The minimum atomic E-state index is 0.319. The molecule has 1 atom stereocenters. The topological polar surface area (TPSA) is 28.6 Å². The van der Waals surface area contributed by atoms with E-state index in [4.69, 9.17) is 4.74 Å². The van der Waals surface area contributed by atoms with Crippen molar-refractivity contribution in [3.8, 4) is 0 Å². The van der Waals surface area contributed by atoms with Crippen LogP contribution in [0.3, 0.4) is 0 Å². The van der Waals surface area contributed by atoms with Gasteiger partial charge in [0.1, 0.15) is 0 Å². The fraction of sp³-hybridized carbons (Fsp3) is 0.706. The smallest absolute Gasteiger partial charge is 0.0593 e. The zero-order valence-corrected chi connectivity index (χ0v) is 13.1. The molecular formula is C17H27N3O. The number of pyridine rings is 1. The lowest BCUT2D eigenvalue weighted by atomic mass is 9.80. The van der Waals surface area contributed by atoms with Crippen LogP contribution in [-0.4, -0.2) is 60.7 Å². The van der Waals surface area contributed by atoms with Gasteiger partial charge in [-0.05, 0) is 38.1 Å². The van der Waals surface area contributed by atoms with Crippen molar-refractivity contribution in [3.63, 3.8) is 0 Å². The van der Waals surface area contributed by atoms with Crippen molar-refractivity contribution in [2.75, 3.05) is 45.9 Å². The molecule has 3 rings (SSSR count). The molecule has 0 radical (unpaired) electrons. The maximum atomic E-state index is 5.93. The average molecular weight is 289 g/mol. The molecule has 0 unspecified atom stereocenters. The van der Waals surface area contributed by atoms with Gasteiger partial charge in [-0.25, -0.2) is 0 Å². The van der Waals surface area contributed by atoms with Crippen molar-refractivity contribution >= 4 is 0 Å². The molecule has 4 heteroatoms. The minimum Gasteiger partial charge on any atom is -0.379 e. The first-order chi connectivity index (χ1) is 10.3. The lowest BCUT2D eigenvalue weighted by Gasteiger charge is -2.43. The Morgan fingerprint density at radius 3 is 2.95 bits per heavy atom. The summed E-state index contributed by atoms with van der Waals surface area (Å²) < 4.78 is 5.93. The zero-order chi connectivity index (χ0) is 14.5. The number of likely N-dealkylation sites (N-methyl/N-ethyl adjacent to an activating group) is 1. The summed E-state index contributed by atoms with van der Waals surface area (Å²) >= 11 is 0. The Morgan fingerprint density at radius 1 is 1.24 bits per heavy atom. The second-order valence-corrected chi connectivity index (χ2v) is 6.56. The van der Waals surface area contributed by atoms with Gasteiger partial charge in [0, 0.05) is 37.8 Å². The van der Waals surface area contributed by atoms with Gasteiger partial charge in [0.25, 0.3) is 0 Å². The normalized spacial score (nSPS) is 28.6. The number of rotatable bonds is 3. The quantitative estimate of drug-likeness (QED) is 0.851. The number of aromatic nitrogens is 1. The number of piperidine rings is 1. The van der Waals surface area contributed by atoms with Gasteiger partial charge in [-0.3, -0.25) is 9.88 Å². The Labute approximate surface area is 128 Å². The molecule has 0 bridgehead atoms. The Bertz CT molecular complexity index is 439. The van der Waals surface area contributed by atoms with E-state index in [2.05, 4.69) is 33.8 Å². The molecule has 116 valence electrons. The molecule has 2 saturated heterocycles. The van der Waals surface area contributed by atoms with Gasteiger partial charge in [0.15, 0.2) is 0 Å². The summed E-state index contributed by atoms with van der Waals surface area (Å²) in [6.07, 6.45) is 4.46. The third-order valence-electron chi connectivity index (χ3n) is 4.82. The van der Waals surface area contributed by atoms with Crippen LogP contribution >= 0.6 is 0 Å². The van der Waals surface area contributed by atoms with Crippen LogP contribution in [0.1, 0.15) is 25.5 Å². The Balaban J connectivity index is 1.66. The van der Waals surface area contributed by atoms with Crippen LogP contribution in [-0.2, 0) is 11.3 Å². The molecule has 1 aromatic heterocycles.